The van der Waals surface area contributed by atoms with Crippen molar-refractivity contribution in [2.45, 2.75) is 13.1 Å². The van der Waals surface area contributed by atoms with Crippen LogP contribution < -0.4 is 9.47 Å². The van der Waals surface area contributed by atoms with Crippen molar-refractivity contribution in [3.63, 3.8) is 0 Å². The number of benzene rings is 3. The fourth-order valence-electron chi connectivity index (χ4n) is 3.09. The van der Waals surface area contributed by atoms with Crippen LogP contribution in [0.5, 0.6) is 11.5 Å². The molecule has 0 aliphatic heterocycles. The molecule has 0 spiro atoms. The Morgan fingerprint density at radius 2 is 1.65 bits per heavy atom. The highest BCUT2D eigenvalue weighted by atomic mass is 35.5. The summed E-state index contributed by atoms with van der Waals surface area (Å²) in [6.45, 7) is 0.290. The summed E-state index contributed by atoms with van der Waals surface area (Å²) in [6, 6.07) is 21.4. The molecule has 0 atom stereocenters. The summed E-state index contributed by atoms with van der Waals surface area (Å²) in [4.78, 5) is 26.2. The molecule has 3 aromatic rings. The van der Waals surface area contributed by atoms with E-state index in [0.29, 0.717) is 11.6 Å². The molecule has 0 radical (unpaired) electrons. The van der Waals surface area contributed by atoms with Crippen LogP contribution >= 0.6 is 11.6 Å². The standard InChI is InChI=1S/C24H22ClNO5/c1-30-21-13-7-11-19(24(28)29)23(21)31-16-22(27)26(14-17-8-3-2-4-9-17)15-18-10-5-6-12-20(18)25/h2-13H,14-16H2,1H3,(H,28,29). The van der Waals surface area contributed by atoms with E-state index >= 15 is 0 Å². The minimum absolute atomic E-state index is 0.0169. The number of nitrogens with zero attached hydrogens (tertiary/aromatic N) is 1. The molecule has 0 saturated heterocycles. The summed E-state index contributed by atoms with van der Waals surface area (Å²) in [5, 5.41) is 10.00. The van der Waals surface area contributed by atoms with Gasteiger partial charge in [0, 0.05) is 18.1 Å². The van der Waals surface area contributed by atoms with Crippen LogP contribution in [0.3, 0.4) is 0 Å². The molecule has 0 aromatic heterocycles. The van der Waals surface area contributed by atoms with Crippen molar-refractivity contribution in [1.82, 2.24) is 4.90 Å². The molecular formula is C24H22ClNO5. The molecule has 31 heavy (non-hydrogen) atoms. The Hall–Kier alpha value is -3.51. The van der Waals surface area contributed by atoms with Gasteiger partial charge in [-0.3, -0.25) is 4.79 Å². The van der Waals surface area contributed by atoms with Gasteiger partial charge >= 0.3 is 5.97 Å². The van der Waals surface area contributed by atoms with Crippen LogP contribution in [0.25, 0.3) is 0 Å². The van der Waals surface area contributed by atoms with E-state index in [1.807, 2.05) is 48.5 Å². The van der Waals surface area contributed by atoms with E-state index in [0.717, 1.165) is 11.1 Å². The average Bonchev–Trinajstić information content (AvgIpc) is 2.78. The quantitative estimate of drug-likeness (QED) is 0.525. The number of halogens is 1. The predicted molar refractivity (Wildman–Crippen MR) is 118 cm³/mol. The number of aromatic carboxylic acids is 1. The van der Waals surface area contributed by atoms with Gasteiger partial charge in [0.15, 0.2) is 18.1 Å². The first-order valence-corrected chi connectivity index (χ1v) is 9.95. The van der Waals surface area contributed by atoms with Crippen molar-refractivity contribution in [3.8, 4) is 11.5 Å². The third kappa shape index (κ3) is 5.77. The maximum atomic E-state index is 13.1. The SMILES string of the molecule is COc1cccc(C(=O)O)c1OCC(=O)N(Cc1ccccc1)Cc1ccccc1Cl. The minimum Gasteiger partial charge on any atom is -0.493 e. The number of methoxy groups -OCH3 is 1. The molecule has 0 bridgehead atoms. The zero-order chi connectivity index (χ0) is 22.2. The Morgan fingerprint density at radius 3 is 2.32 bits per heavy atom. The van der Waals surface area contributed by atoms with Crippen LogP contribution in [-0.4, -0.2) is 35.6 Å². The van der Waals surface area contributed by atoms with E-state index in [9.17, 15) is 14.7 Å². The van der Waals surface area contributed by atoms with Gasteiger partial charge in [-0.2, -0.15) is 0 Å². The van der Waals surface area contributed by atoms with Crippen LogP contribution in [0.4, 0.5) is 0 Å². The van der Waals surface area contributed by atoms with Crippen molar-refractivity contribution in [2.24, 2.45) is 0 Å². The fraction of sp³-hybridized carbons (Fsp3) is 0.167. The molecular weight excluding hydrogens is 418 g/mol. The number of para-hydroxylation sites is 1. The topological polar surface area (TPSA) is 76.1 Å². The summed E-state index contributed by atoms with van der Waals surface area (Å²) >= 11 is 6.29. The Bertz CT molecular complexity index is 1050. The lowest BCUT2D eigenvalue weighted by molar-refractivity contribution is -0.134. The number of hydrogen-bond acceptors (Lipinski definition) is 4. The highest BCUT2D eigenvalue weighted by Crippen LogP contribution is 2.31. The number of hydrogen-bond donors (Lipinski definition) is 1. The Morgan fingerprint density at radius 1 is 0.935 bits per heavy atom. The van der Waals surface area contributed by atoms with Gasteiger partial charge in [0.1, 0.15) is 5.56 Å². The van der Waals surface area contributed by atoms with Crippen LogP contribution in [0.15, 0.2) is 72.8 Å². The second-order valence-electron chi connectivity index (χ2n) is 6.76. The van der Waals surface area contributed by atoms with E-state index in [-0.39, 0.29) is 36.1 Å². The van der Waals surface area contributed by atoms with Crippen molar-refractivity contribution in [3.05, 3.63) is 94.5 Å². The summed E-state index contributed by atoms with van der Waals surface area (Å²) in [5.41, 5.74) is 1.68. The van der Waals surface area contributed by atoms with Gasteiger partial charge in [-0.15, -0.1) is 0 Å². The third-order valence-electron chi connectivity index (χ3n) is 4.66. The van der Waals surface area contributed by atoms with Gasteiger partial charge in [0.2, 0.25) is 0 Å². The van der Waals surface area contributed by atoms with Crippen molar-refractivity contribution < 1.29 is 24.2 Å². The van der Waals surface area contributed by atoms with E-state index in [1.54, 1.807) is 23.1 Å². The second-order valence-corrected chi connectivity index (χ2v) is 7.16. The second kappa shape index (κ2) is 10.5. The Balaban J connectivity index is 1.82. The Labute approximate surface area is 185 Å². The molecule has 0 unspecified atom stereocenters. The maximum absolute atomic E-state index is 13.1. The monoisotopic (exact) mass is 439 g/mol. The van der Waals surface area contributed by atoms with Gasteiger partial charge in [-0.1, -0.05) is 66.2 Å². The van der Waals surface area contributed by atoms with Crippen molar-refractivity contribution in [2.75, 3.05) is 13.7 Å². The lowest BCUT2D eigenvalue weighted by Gasteiger charge is -2.24. The summed E-state index contributed by atoms with van der Waals surface area (Å²) in [6.07, 6.45) is 0. The molecule has 1 N–H and O–H groups in total. The number of carbonyl (C=O) groups excluding carboxylic acids is 1. The van der Waals surface area contributed by atoms with E-state index in [4.69, 9.17) is 21.1 Å². The molecule has 0 aliphatic rings. The van der Waals surface area contributed by atoms with Crippen LogP contribution in [0, 0.1) is 0 Å². The fourth-order valence-corrected chi connectivity index (χ4v) is 3.28. The highest BCUT2D eigenvalue weighted by molar-refractivity contribution is 6.31. The largest absolute Gasteiger partial charge is 0.493 e. The first-order valence-electron chi connectivity index (χ1n) is 9.57. The molecule has 160 valence electrons. The van der Waals surface area contributed by atoms with Crippen LogP contribution in [0.2, 0.25) is 5.02 Å². The smallest absolute Gasteiger partial charge is 0.339 e. The van der Waals surface area contributed by atoms with Gasteiger partial charge in [0.05, 0.1) is 7.11 Å². The maximum Gasteiger partial charge on any atom is 0.339 e. The summed E-state index contributed by atoms with van der Waals surface area (Å²) in [7, 11) is 1.41. The van der Waals surface area contributed by atoms with Crippen LogP contribution in [0.1, 0.15) is 21.5 Å². The van der Waals surface area contributed by atoms with Gasteiger partial charge in [-0.05, 0) is 29.3 Å². The molecule has 0 saturated carbocycles. The normalized spacial score (nSPS) is 10.4. The molecule has 3 rings (SSSR count). The average molecular weight is 440 g/mol. The summed E-state index contributed by atoms with van der Waals surface area (Å²) < 4.78 is 10.8. The number of carboxylic acids is 1. The summed E-state index contributed by atoms with van der Waals surface area (Å²) in [5.74, 6) is -1.22. The number of carboxylic acid groups (broad SMARTS) is 1. The lowest BCUT2D eigenvalue weighted by atomic mass is 10.1. The molecule has 6 nitrogen and oxygen atoms in total. The molecule has 0 fully saturated rings. The lowest BCUT2D eigenvalue weighted by Crippen LogP contribution is -2.34. The van der Waals surface area contributed by atoms with Crippen molar-refractivity contribution in [1.29, 1.82) is 0 Å². The predicted octanol–water partition coefficient (Wildman–Crippen LogP) is 4.65. The molecule has 1 amide bonds. The molecule has 0 heterocycles. The van der Waals surface area contributed by atoms with Gasteiger partial charge in [0.25, 0.3) is 5.91 Å². The van der Waals surface area contributed by atoms with Gasteiger partial charge in [-0.25, -0.2) is 4.79 Å². The van der Waals surface area contributed by atoms with Crippen LogP contribution in [-0.2, 0) is 17.9 Å². The first kappa shape index (κ1) is 22.2. The van der Waals surface area contributed by atoms with Crippen molar-refractivity contribution >= 4 is 23.5 Å². The minimum atomic E-state index is -1.17. The number of rotatable bonds is 9. The van der Waals surface area contributed by atoms with E-state index in [2.05, 4.69) is 0 Å². The number of ether oxygens (including phenoxy) is 2. The Kier molecular flexibility index (Phi) is 7.51. The zero-order valence-electron chi connectivity index (χ0n) is 17.0. The number of carbonyl (C=O) groups is 2. The molecule has 3 aromatic carbocycles. The van der Waals surface area contributed by atoms with Gasteiger partial charge < -0.3 is 19.5 Å². The molecule has 7 heteroatoms. The highest BCUT2D eigenvalue weighted by Gasteiger charge is 2.21. The molecule has 0 aliphatic carbocycles. The first-order chi connectivity index (χ1) is 15.0. The van der Waals surface area contributed by atoms with E-state index < -0.39 is 5.97 Å². The number of amides is 1. The zero-order valence-corrected chi connectivity index (χ0v) is 17.7. The van der Waals surface area contributed by atoms with E-state index in [1.165, 1.54) is 13.2 Å². The third-order valence-corrected chi connectivity index (χ3v) is 5.03.